The number of hydrogen-bond donors (Lipinski definition) is 1. The standard InChI is InChI=1S/C21H32N2O/c1-17-7-6-8-18(15-17)16-23-13-11-19(12-14-23)21(24)22-20-9-4-2-3-5-10-20/h6-8,15,19-20H,2-5,9-14,16H2,1H3,(H,22,24). The summed E-state index contributed by atoms with van der Waals surface area (Å²) in [5, 5.41) is 3.34. The van der Waals surface area contributed by atoms with Gasteiger partial charge in [0.1, 0.15) is 0 Å². The summed E-state index contributed by atoms with van der Waals surface area (Å²) in [5.74, 6) is 0.541. The molecule has 1 amide bonds. The minimum absolute atomic E-state index is 0.224. The van der Waals surface area contributed by atoms with E-state index in [9.17, 15) is 4.79 Å². The zero-order valence-corrected chi connectivity index (χ0v) is 15.1. The van der Waals surface area contributed by atoms with Gasteiger partial charge in [0.05, 0.1) is 0 Å². The Bertz CT molecular complexity index is 526. The van der Waals surface area contributed by atoms with E-state index in [2.05, 4.69) is 41.4 Å². The third kappa shape index (κ3) is 5.07. The highest BCUT2D eigenvalue weighted by molar-refractivity contribution is 5.79. The van der Waals surface area contributed by atoms with E-state index in [4.69, 9.17) is 0 Å². The third-order valence-corrected chi connectivity index (χ3v) is 5.65. The predicted octanol–water partition coefficient (Wildman–Crippen LogP) is 4.05. The maximum Gasteiger partial charge on any atom is 0.223 e. The van der Waals surface area contributed by atoms with Gasteiger partial charge in [-0.1, -0.05) is 55.5 Å². The van der Waals surface area contributed by atoms with Gasteiger partial charge in [-0.25, -0.2) is 0 Å². The minimum Gasteiger partial charge on any atom is -0.353 e. The van der Waals surface area contributed by atoms with Crippen LogP contribution in [0.5, 0.6) is 0 Å². The Morgan fingerprint density at radius 1 is 1.08 bits per heavy atom. The average Bonchev–Trinajstić information content (AvgIpc) is 2.84. The van der Waals surface area contributed by atoms with E-state index < -0.39 is 0 Å². The Kier molecular flexibility index (Phi) is 6.30. The predicted molar refractivity (Wildman–Crippen MR) is 98.8 cm³/mol. The molecule has 2 fully saturated rings. The highest BCUT2D eigenvalue weighted by atomic mass is 16.1. The van der Waals surface area contributed by atoms with Crippen molar-refractivity contribution in [3.8, 4) is 0 Å². The lowest BCUT2D eigenvalue weighted by molar-refractivity contribution is -0.127. The first-order valence-electron chi connectivity index (χ1n) is 9.79. The van der Waals surface area contributed by atoms with Crippen molar-refractivity contribution in [2.24, 2.45) is 5.92 Å². The Balaban J connectivity index is 1.43. The Hall–Kier alpha value is -1.35. The molecule has 3 nitrogen and oxygen atoms in total. The van der Waals surface area contributed by atoms with Crippen LogP contribution in [0, 0.1) is 12.8 Å². The monoisotopic (exact) mass is 328 g/mol. The van der Waals surface area contributed by atoms with Gasteiger partial charge in [0.15, 0.2) is 0 Å². The van der Waals surface area contributed by atoms with Crippen molar-refractivity contribution in [1.29, 1.82) is 0 Å². The number of nitrogens with one attached hydrogen (secondary N) is 1. The molecule has 1 N–H and O–H groups in total. The number of nitrogens with zero attached hydrogens (tertiary/aromatic N) is 1. The normalized spacial score (nSPS) is 21.4. The van der Waals surface area contributed by atoms with Crippen LogP contribution in [0.3, 0.4) is 0 Å². The first-order chi connectivity index (χ1) is 11.7. The van der Waals surface area contributed by atoms with Crippen molar-refractivity contribution >= 4 is 5.91 Å². The van der Waals surface area contributed by atoms with Crippen molar-refractivity contribution in [2.45, 2.75) is 70.9 Å². The number of amides is 1. The topological polar surface area (TPSA) is 32.3 Å². The summed E-state index contributed by atoms with van der Waals surface area (Å²) in [6.07, 6.45) is 9.60. The van der Waals surface area contributed by atoms with Crippen molar-refractivity contribution < 1.29 is 4.79 Å². The number of hydrogen-bond acceptors (Lipinski definition) is 2. The Morgan fingerprint density at radius 2 is 1.79 bits per heavy atom. The van der Waals surface area contributed by atoms with E-state index in [1.54, 1.807) is 0 Å². The minimum atomic E-state index is 0.224. The molecule has 2 aliphatic rings. The SMILES string of the molecule is Cc1cccc(CN2CCC(C(=O)NC3CCCCCC3)CC2)c1. The molecule has 1 heterocycles. The summed E-state index contributed by atoms with van der Waals surface area (Å²) in [6, 6.07) is 9.19. The molecule has 24 heavy (non-hydrogen) atoms. The number of likely N-dealkylation sites (tertiary alicyclic amines) is 1. The molecule has 3 heteroatoms. The van der Waals surface area contributed by atoms with E-state index in [1.165, 1.54) is 49.7 Å². The van der Waals surface area contributed by atoms with Crippen molar-refractivity contribution in [3.63, 3.8) is 0 Å². The fourth-order valence-corrected chi connectivity index (χ4v) is 4.16. The van der Waals surface area contributed by atoms with Crippen molar-refractivity contribution in [2.75, 3.05) is 13.1 Å². The molecule has 0 atom stereocenters. The van der Waals surface area contributed by atoms with Gasteiger partial charge in [-0.05, 0) is 51.3 Å². The van der Waals surface area contributed by atoms with Gasteiger partial charge in [-0.2, -0.15) is 0 Å². The number of carbonyl (C=O) groups is 1. The lowest BCUT2D eigenvalue weighted by Gasteiger charge is -2.32. The van der Waals surface area contributed by atoms with Gasteiger partial charge in [0.2, 0.25) is 5.91 Å². The molecule has 0 bridgehead atoms. The summed E-state index contributed by atoms with van der Waals surface area (Å²) in [7, 11) is 0. The van der Waals surface area contributed by atoms with E-state index in [0.717, 1.165) is 32.5 Å². The van der Waals surface area contributed by atoms with Crippen LogP contribution in [-0.4, -0.2) is 29.9 Å². The average molecular weight is 329 g/mol. The first kappa shape index (κ1) is 17.5. The quantitative estimate of drug-likeness (QED) is 0.846. The lowest BCUT2D eigenvalue weighted by atomic mass is 9.94. The van der Waals surface area contributed by atoms with Crippen LogP contribution in [0.25, 0.3) is 0 Å². The van der Waals surface area contributed by atoms with E-state index in [1.807, 2.05) is 0 Å². The summed E-state index contributed by atoms with van der Waals surface area (Å²) >= 11 is 0. The van der Waals surface area contributed by atoms with Gasteiger partial charge in [-0.3, -0.25) is 9.69 Å². The van der Waals surface area contributed by atoms with Gasteiger partial charge >= 0.3 is 0 Å². The molecule has 1 aromatic carbocycles. The molecule has 0 unspecified atom stereocenters. The maximum atomic E-state index is 12.6. The van der Waals surface area contributed by atoms with Crippen LogP contribution >= 0.6 is 0 Å². The van der Waals surface area contributed by atoms with E-state index >= 15 is 0 Å². The summed E-state index contributed by atoms with van der Waals surface area (Å²) in [4.78, 5) is 15.0. The van der Waals surface area contributed by atoms with Crippen LogP contribution in [0.2, 0.25) is 0 Å². The highest BCUT2D eigenvalue weighted by Crippen LogP contribution is 2.22. The molecule has 1 aliphatic heterocycles. The highest BCUT2D eigenvalue weighted by Gasteiger charge is 2.26. The van der Waals surface area contributed by atoms with E-state index in [-0.39, 0.29) is 5.92 Å². The Morgan fingerprint density at radius 3 is 2.46 bits per heavy atom. The fraction of sp³-hybridized carbons (Fsp3) is 0.667. The second-order valence-corrected chi connectivity index (χ2v) is 7.74. The van der Waals surface area contributed by atoms with Crippen molar-refractivity contribution in [1.82, 2.24) is 10.2 Å². The summed E-state index contributed by atoms with van der Waals surface area (Å²) < 4.78 is 0. The second kappa shape index (κ2) is 8.66. The number of carbonyl (C=O) groups excluding carboxylic acids is 1. The molecule has 132 valence electrons. The van der Waals surface area contributed by atoms with Gasteiger partial charge in [0.25, 0.3) is 0 Å². The maximum absolute atomic E-state index is 12.6. The van der Waals surface area contributed by atoms with Crippen LogP contribution in [0.1, 0.15) is 62.5 Å². The summed E-state index contributed by atoms with van der Waals surface area (Å²) in [5.41, 5.74) is 2.71. The molecule has 1 saturated heterocycles. The van der Waals surface area contributed by atoms with E-state index in [0.29, 0.717) is 11.9 Å². The van der Waals surface area contributed by atoms with Crippen LogP contribution in [-0.2, 0) is 11.3 Å². The molecular formula is C21H32N2O. The van der Waals surface area contributed by atoms with Crippen molar-refractivity contribution in [3.05, 3.63) is 35.4 Å². The van der Waals surface area contributed by atoms with Gasteiger partial charge in [-0.15, -0.1) is 0 Å². The molecule has 0 radical (unpaired) electrons. The Labute approximate surface area is 146 Å². The number of aryl methyl sites for hydroxylation is 1. The van der Waals surface area contributed by atoms with Crippen LogP contribution in [0.15, 0.2) is 24.3 Å². The fourth-order valence-electron chi connectivity index (χ4n) is 4.16. The third-order valence-electron chi connectivity index (χ3n) is 5.65. The molecule has 3 rings (SSSR count). The largest absolute Gasteiger partial charge is 0.353 e. The number of piperidine rings is 1. The number of benzene rings is 1. The zero-order chi connectivity index (χ0) is 16.8. The first-order valence-corrected chi connectivity index (χ1v) is 9.79. The molecule has 0 aromatic heterocycles. The molecule has 0 spiro atoms. The molecule has 1 saturated carbocycles. The van der Waals surface area contributed by atoms with Crippen LogP contribution < -0.4 is 5.32 Å². The smallest absolute Gasteiger partial charge is 0.223 e. The number of rotatable bonds is 4. The van der Waals surface area contributed by atoms with Gasteiger partial charge in [0, 0.05) is 18.5 Å². The lowest BCUT2D eigenvalue weighted by Crippen LogP contribution is -2.43. The zero-order valence-electron chi connectivity index (χ0n) is 15.1. The molecule has 1 aromatic rings. The van der Waals surface area contributed by atoms with Gasteiger partial charge < -0.3 is 5.32 Å². The summed E-state index contributed by atoms with van der Waals surface area (Å²) in [6.45, 7) is 5.24. The molecular weight excluding hydrogens is 296 g/mol. The molecule has 1 aliphatic carbocycles. The van der Waals surface area contributed by atoms with Crippen LogP contribution in [0.4, 0.5) is 0 Å². The second-order valence-electron chi connectivity index (χ2n) is 7.74.